The molecule has 96 valence electrons. The third-order valence-corrected chi connectivity index (χ3v) is 3.12. The van der Waals surface area contributed by atoms with Gasteiger partial charge >= 0.3 is 0 Å². The van der Waals surface area contributed by atoms with Gasteiger partial charge in [-0.1, -0.05) is 46.6 Å². The Bertz CT molecular complexity index is 170. The number of rotatable bonds is 10. The molecule has 0 saturated heterocycles. The van der Waals surface area contributed by atoms with Gasteiger partial charge in [0.1, 0.15) is 0 Å². The lowest BCUT2D eigenvalue weighted by Crippen LogP contribution is -2.27. The Morgan fingerprint density at radius 1 is 1.12 bits per heavy atom. The molecule has 0 spiro atoms. The van der Waals surface area contributed by atoms with Crippen molar-refractivity contribution in [1.82, 2.24) is 5.32 Å². The second-order valence-electron chi connectivity index (χ2n) is 5.91. The zero-order valence-corrected chi connectivity index (χ0v) is 11.8. The SMILES string of the molecule is C=CCCCCCC(C)(C)CCNC(C)C. The Kier molecular flexibility index (Phi) is 8.64. The number of hydrogen-bond donors (Lipinski definition) is 1. The Hall–Kier alpha value is -0.300. The van der Waals surface area contributed by atoms with Crippen molar-refractivity contribution in [2.45, 2.75) is 72.3 Å². The summed E-state index contributed by atoms with van der Waals surface area (Å²) >= 11 is 0. The molecule has 0 aliphatic rings. The van der Waals surface area contributed by atoms with Crippen molar-refractivity contribution >= 4 is 0 Å². The Morgan fingerprint density at radius 3 is 2.38 bits per heavy atom. The van der Waals surface area contributed by atoms with Crippen LogP contribution in [0.5, 0.6) is 0 Å². The molecule has 0 aromatic rings. The predicted molar refractivity (Wildman–Crippen MR) is 74.8 cm³/mol. The molecule has 0 rings (SSSR count). The molecule has 0 bridgehead atoms. The number of allylic oxidation sites excluding steroid dienone is 1. The molecule has 0 aliphatic carbocycles. The first kappa shape index (κ1) is 15.7. The third-order valence-electron chi connectivity index (χ3n) is 3.12. The van der Waals surface area contributed by atoms with E-state index in [0.29, 0.717) is 11.5 Å². The minimum atomic E-state index is 0.496. The largest absolute Gasteiger partial charge is 0.315 e. The normalized spacial score (nSPS) is 12.1. The Balaban J connectivity index is 3.49. The molecular formula is C15H31N. The van der Waals surface area contributed by atoms with Crippen molar-refractivity contribution in [3.63, 3.8) is 0 Å². The van der Waals surface area contributed by atoms with E-state index < -0.39 is 0 Å². The van der Waals surface area contributed by atoms with Crippen molar-refractivity contribution < 1.29 is 0 Å². The van der Waals surface area contributed by atoms with Gasteiger partial charge in [-0.05, 0) is 37.6 Å². The van der Waals surface area contributed by atoms with Crippen molar-refractivity contribution in [3.8, 4) is 0 Å². The van der Waals surface area contributed by atoms with Crippen LogP contribution in [0.4, 0.5) is 0 Å². The molecule has 16 heavy (non-hydrogen) atoms. The third kappa shape index (κ3) is 10.2. The van der Waals surface area contributed by atoms with Gasteiger partial charge in [0.25, 0.3) is 0 Å². The van der Waals surface area contributed by atoms with E-state index in [1.807, 2.05) is 6.08 Å². The highest BCUT2D eigenvalue weighted by Crippen LogP contribution is 2.27. The first-order chi connectivity index (χ1) is 7.48. The predicted octanol–water partition coefficient (Wildman–Crippen LogP) is 4.54. The maximum absolute atomic E-state index is 3.76. The molecule has 0 heterocycles. The first-order valence-electron chi connectivity index (χ1n) is 6.82. The van der Waals surface area contributed by atoms with Crippen LogP contribution in [0.2, 0.25) is 0 Å². The second kappa shape index (κ2) is 8.81. The number of unbranched alkanes of at least 4 members (excludes halogenated alkanes) is 3. The monoisotopic (exact) mass is 225 g/mol. The average molecular weight is 225 g/mol. The van der Waals surface area contributed by atoms with E-state index in [1.165, 1.54) is 38.5 Å². The number of nitrogens with one attached hydrogen (secondary N) is 1. The highest BCUT2D eigenvalue weighted by Gasteiger charge is 2.16. The van der Waals surface area contributed by atoms with E-state index in [0.717, 1.165) is 6.54 Å². The molecule has 0 aromatic heterocycles. The summed E-state index contributed by atoms with van der Waals surface area (Å²) in [4.78, 5) is 0. The summed E-state index contributed by atoms with van der Waals surface area (Å²) in [5, 5.41) is 3.50. The van der Waals surface area contributed by atoms with E-state index in [1.54, 1.807) is 0 Å². The summed E-state index contributed by atoms with van der Waals surface area (Å²) in [6.45, 7) is 14.1. The summed E-state index contributed by atoms with van der Waals surface area (Å²) in [6, 6.07) is 0.614. The molecule has 0 aliphatic heterocycles. The lowest BCUT2D eigenvalue weighted by molar-refractivity contribution is 0.287. The molecule has 0 radical (unpaired) electrons. The molecule has 1 heteroatoms. The van der Waals surface area contributed by atoms with Crippen LogP contribution in [0.1, 0.15) is 66.2 Å². The van der Waals surface area contributed by atoms with Gasteiger partial charge in [-0.2, -0.15) is 0 Å². The average Bonchev–Trinajstić information content (AvgIpc) is 2.16. The van der Waals surface area contributed by atoms with Crippen LogP contribution in [0.3, 0.4) is 0 Å². The fourth-order valence-corrected chi connectivity index (χ4v) is 1.89. The summed E-state index contributed by atoms with van der Waals surface area (Å²) in [6.07, 6.45) is 9.86. The van der Waals surface area contributed by atoms with Gasteiger partial charge in [0.05, 0.1) is 0 Å². The van der Waals surface area contributed by atoms with Crippen molar-refractivity contribution in [2.24, 2.45) is 5.41 Å². The standard InChI is InChI=1S/C15H31N/c1-6-7-8-9-10-11-15(4,5)12-13-16-14(2)3/h6,14,16H,1,7-13H2,2-5H3. The topological polar surface area (TPSA) is 12.0 Å². The summed E-state index contributed by atoms with van der Waals surface area (Å²) in [5.41, 5.74) is 0.496. The van der Waals surface area contributed by atoms with E-state index in [9.17, 15) is 0 Å². The minimum Gasteiger partial charge on any atom is -0.315 e. The fraction of sp³-hybridized carbons (Fsp3) is 0.867. The summed E-state index contributed by atoms with van der Waals surface area (Å²) in [5.74, 6) is 0. The molecule has 0 fully saturated rings. The van der Waals surface area contributed by atoms with Crippen LogP contribution in [-0.2, 0) is 0 Å². The summed E-state index contributed by atoms with van der Waals surface area (Å²) < 4.78 is 0. The molecule has 0 atom stereocenters. The molecular weight excluding hydrogens is 194 g/mol. The highest BCUT2D eigenvalue weighted by molar-refractivity contribution is 4.71. The van der Waals surface area contributed by atoms with Crippen LogP contribution in [-0.4, -0.2) is 12.6 Å². The van der Waals surface area contributed by atoms with Gasteiger partial charge in [0, 0.05) is 6.04 Å². The smallest absolute Gasteiger partial charge is 0.00103 e. The second-order valence-corrected chi connectivity index (χ2v) is 5.91. The quantitative estimate of drug-likeness (QED) is 0.425. The maximum Gasteiger partial charge on any atom is 0.00103 e. The molecule has 1 N–H and O–H groups in total. The van der Waals surface area contributed by atoms with E-state index in [-0.39, 0.29) is 0 Å². The maximum atomic E-state index is 3.76. The van der Waals surface area contributed by atoms with Crippen LogP contribution in [0.15, 0.2) is 12.7 Å². The first-order valence-corrected chi connectivity index (χ1v) is 6.82. The highest BCUT2D eigenvalue weighted by atomic mass is 14.9. The Morgan fingerprint density at radius 2 is 1.81 bits per heavy atom. The van der Waals surface area contributed by atoms with E-state index in [2.05, 4.69) is 39.6 Å². The Labute approximate surface area is 103 Å². The van der Waals surface area contributed by atoms with Gasteiger partial charge in [-0.25, -0.2) is 0 Å². The molecule has 0 saturated carbocycles. The lowest BCUT2D eigenvalue weighted by Gasteiger charge is -2.25. The van der Waals surface area contributed by atoms with Gasteiger partial charge in [-0.3, -0.25) is 0 Å². The lowest BCUT2D eigenvalue weighted by atomic mass is 9.83. The van der Waals surface area contributed by atoms with Gasteiger partial charge in [0.2, 0.25) is 0 Å². The van der Waals surface area contributed by atoms with Crippen LogP contribution in [0, 0.1) is 5.41 Å². The summed E-state index contributed by atoms with van der Waals surface area (Å²) in [7, 11) is 0. The van der Waals surface area contributed by atoms with Crippen molar-refractivity contribution in [3.05, 3.63) is 12.7 Å². The molecule has 0 unspecified atom stereocenters. The molecule has 1 nitrogen and oxygen atoms in total. The zero-order valence-electron chi connectivity index (χ0n) is 11.8. The van der Waals surface area contributed by atoms with Crippen LogP contribution < -0.4 is 5.32 Å². The van der Waals surface area contributed by atoms with E-state index >= 15 is 0 Å². The minimum absolute atomic E-state index is 0.496. The number of hydrogen-bond acceptors (Lipinski definition) is 1. The van der Waals surface area contributed by atoms with E-state index in [4.69, 9.17) is 0 Å². The van der Waals surface area contributed by atoms with Crippen molar-refractivity contribution in [1.29, 1.82) is 0 Å². The van der Waals surface area contributed by atoms with Crippen LogP contribution in [0.25, 0.3) is 0 Å². The fourth-order valence-electron chi connectivity index (χ4n) is 1.89. The van der Waals surface area contributed by atoms with Crippen molar-refractivity contribution in [2.75, 3.05) is 6.54 Å². The van der Waals surface area contributed by atoms with Gasteiger partial charge in [-0.15, -0.1) is 6.58 Å². The molecule has 0 amide bonds. The van der Waals surface area contributed by atoms with Gasteiger partial charge < -0.3 is 5.32 Å². The zero-order chi connectivity index (χ0) is 12.4. The molecule has 0 aromatic carbocycles. The van der Waals surface area contributed by atoms with Crippen LogP contribution >= 0.6 is 0 Å². The van der Waals surface area contributed by atoms with Gasteiger partial charge in [0.15, 0.2) is 0 Å².